The molecule has 0 amide bonds. The zero-order valence-corrected chi connectivity index (χ0v) is 11.3. The fourth-order valence-electron chi connectivity index (χ4n) is 1.92. The van der Waals surface area contributed by atoms with Gasteiger partial charge in [0.2, 0.25) is 0 Å². The SMILES string of the molecule is COc1ccccc1-c1nnn2c(Br)cccc12. The van der Waals surface area contributed by atoms with E-state index in [4.69, 9.17) is 4.74 Å². The summed E-state index contributed by atoms with van der Waals surface area (Å²) >= 11 is 3.45. The van der Waals surface area contributed by atoms with Gasteiger partial charge in [-0.2, -0.15) is 0 Å². The maximum absolute atomic E-state index is 5.36. The number of hydrogen-bond acceptors (Lipinski definition) is 3. The van der Waals surface area contributed by atoms with Crippen LogP contribution in [-0.4, -0.2) is 21.9 Å². The number of methoxy groups -OCH3 is 1. The number of para-hydroxylation sites is 1. The molecule has 0 unspecified atom stereocenters. The molecule has 1 aromatic carbocycles. The molecule has 5 heteroatoms. The topological polar surface area (TPSA) is 39.4 Å². The van der Waals surface area contributed by atoms with Crippen molar-refractivity contribution < 1.29 is 4.74 Å². The summed E-state index contributed by atoms with van der Waals surface area (Å²) in [5.74, 6) is 0.792. The summed E-state index contributed by atoms with van der Waals surface area (Å²) in [6, 6.07) is 13.6. The normalized spacial score (nSPS) is 10.8. The van der Waals surface area contributed by atoms with E-state index in [9.17, 15) is 0 Å². The second-order valence-electron chi connectivity index (χ2n) is 3.78. The van der Waals surface area contributed by atoms with Gasteiger partial charge in [0.25, 0.3) is 0 Å². The minimum atomic E-state index is 0.792. The minimum Gasteiger partial charge on any atom is -0.496 e. The van der Waals surface area contributed by atoms with Crippen LogP contribution in [0.3, 0.4) is 0 Å². The monoisotopic (exact) mass is 303 g/mol. The van der Waals surface area contributed by atoms with E-state index in [2.05, 4.69) is 26.2 Å². The summed E-state index contributed by atoms with van der Waals surface area (Å²) in [5.41, 5.74) is 2.69. The van der Waals surface area contributed by atoms with E-state index in [1.807, 2.05) is 42.5 Å². The molecule has 0 bridgehead atoms. The summed E-state index contributed by atoms with van der Waals surface area (Å²) in [6.45, 7) is 0. The number of aromatic nitrogens is 3. The highest BCUT2D eigenvalue weighted by Gasteiger charge is 2.13. The zero-order chi connectivity index (χ0) is 12.5. The van der Waals surface area contributed by atoms with Crippen LogP contribution in [-0.2, 0) is 0 Å². The molecule has 0 saturated carbocycles. The second kappa shape index (κ2) is 4.42. The van der Waals surface area contributed by atoms with Crippen LogP contribution < -0.4 is 4.74 Å². The van der Waals surface area contributed by atoms with E-state index in [0.717, 1.165) is 27.1 Å². The fourth-order valence-corrected chi connectivity index (χ4v) is 2.33. The van der Waals surface area contributed by atoms with E-state index in [1.165, 1.54) is 0 Å². The first-order chi connectivity index (χ1) is 8.81. The third-order valence-corrected chi connectivity index (χ3v) is 3.36. The quantitative estimate of drug-likeness (QED) is 0.683. The van der Waals surface area contributed by atoms with E-state index in [0.29, 0.717) is 0 Å². The lowest BCUT2D eigenvalue weighted by Gasteiger charge is -2.05. The van der Waals surface area contributed by atoms with Crippen LogP contribution in [0.1, 0.15) is 0 Å². The molecule has 0 spiro atoms. The van der Waals surface area contributed by atoms with Gasteiger partial charge < -0.3 is 4.74 Å². The second-order valence-corrected chi connectivity index (χ2v) is 4.60. The Labute approximate surface area is 112 Å². The maximum atomic E-state index is 5.36. The Hall–Kier alpha value is -1.88. The van der Waals surface area contributed by atoms with Crippen molar-refractivity contribution in [2.45, 2.75) is 0 Å². The first-order valence-corrected chi connectivity index (χ1v) is 6.24. The van der Waals surface area contributed by atoms with E-state index in [1.54, 1.807) is 11.6 Å². The zero-order valence-electron chi connectivity index (χ0n) is 9.67. The van der Waals surface area contributed by atoms with Gasteiger partial charge >= 0.3 is 0 Å². The Balaban J connectivity index is 2.29. The molecule has 0 fully saturated rings. The number of halogens is 1. The molecule has 90 valence electrons. The molecule has 0 atom stereocenters. The van der Waals surface area contributed by atoms with Crippen LogP contribution in [0.5, 0.6) is 5.75 Å². The van der Waals surface area contributed by atoms with Crippen molar-refractivity contribution in [2.75, 3.05) is 7.11 Å². The molecule has 3 aromatic rings. The molecule has 0 aliphatic carbocycles. The van der Waals surface area contributed by atoms with Crippen molar-refractivity contribution in [3.63, 3.8) is 0 Å². The van der Waals surface area contributed by atoms with Gasteiger partial charge in [0, 0.05) is 5.56 Å². The van der Waals surface area contributed by atoms with Gasteiger partial charge in [0.05, 0.1) is 12.6 Å². The summed E-state index contributed by atoms with van der Waals surface area (Å²) in [6.07, 6.45) is 0. The number of fused-ring (bicyclic) bond motifs is 1. The molecule has 18 heavy (non-hydrogen) atoms. The highest BCUT2D eigenvalue weighted by Crippen LogP contribution is 2.31. The predicted molar refractivity (Wildman–Crippen MR) is 72.7 cm³/mol. The van der Waals surface area contributed by atoms with Crippen molar-refractivity contribution in [1.29, 1.82) is 0 Å². The lowest BCUT2D eigenvalue weighted by atomic mass is 10.1. The Morgan fingerprint density at radius 2 is 1.94 bits per heavy atom. The van der Waals surface area contributed by atoms with Gasteiger partial charge in [0.1, 0.15) is 16.0 Å². The van der Waals surface area contributed by atoms with Crippen LogP contribution in [0, 0.1) is 0 Å². The van der Waals surface area contributed by atoms with Gasteiger partial charge in [-0.05, 0) is 40.2 Å². The molecule has 4 nitrogen and oxygen atoms in total. The molecule has 0 saturated heterocycles. The molecule has 2 heterocycles. The highest BCUT2D eigenvalue weighted by atomic mass is 79.9. The van der Waals surface area contributed by atoms with Gasteiger partial charge in [-0.15, -0.1) is 5.10 Å². The number of ether oxygens (including phenoxy) is 1. The van der Waals surface area contributed by atoms with Crippen molar-refractivity contribution in [3.8, 4) is 17.0 Å². The Morgan fingerprint density at radius 1 is 1.11 bits per heavy atom. The van der Waals surface area contributed by atoms with Crippen molar-refractivity contribution in [1.82, 2.24) is 14.8 Å². The number of hydrogen-bond donors (Lipinski definition) is 0. The summed E-state index contributed by atoms with van der Waals surface area (Å²) < 4.78 is 7.98. The lowest BCUT2D eigenvalue weighted by molar-refractivity contribution is 0.416. The maximum Gasteiger partial charge on any atom is 0.128 e. The number of nitrogens with zero attached hydrogens (tertiary/aromatic N) is 3. The summed E-state index contributed by atoms with van der Waals surface area (Å²) in [7, 11) is 1.65. The highest BCUT2D eigenvalue weighted by molar-refractivity contribution is 9.10. The molecule has 0 aliphatic rings. The first-order valence-electron chi connectivity index (χ1n) is 5.44. The Kier molecular flexibility index (Phi) is 2.76. The Bertz CT molecular complexity index is 708. The van der Waals surface area contributed by atoms with Crippen LogP contribution in [0.4, 0.5) is 0 Å². The largest absolute Gasteiger partial charge is 0.496 e. The summed E-state index contributed by atoms with van der Waals surface area (Å²) in [4.78, 5) is 0. The first kappa shape index (κ1) is 11.2. The minimum absolute atomic E-state index is 0.792. The van der Waals surface area contributed by atoms with Crippen molar-refractivity contribution in [3.05, 3.63) is 47.1 Å². The Morgan fingerprint density at radius 3 is 2.78 bits per heavy atom. The third kappa shape index (κ3) is 1.67. The average molecular weight is 304 g/mol. The van der Waals surface area contributed by atoms with Crippen LogP contribution in [0.15, 0.2) is 47.1 Å². The molecular formula is C13H10BrN3O. The standard InChI is InChI=1S/C13H10BrN3O/c1-18-11-7-3-2-5-9(11)13-10-6-4-8-12(14)17(10)16-15-13/h2-8H,1H3. The average Bonchev–Trinajstić information content (AvgIpc) is 2.84. The van der Waals surface area contributed by atoms with E-state index < -0.39 is 0 Å². The van der Waals surface area contributed by atoms with Crippen LogP contribution in [0.25, 0.3) is 16.8 Å². The van der Waals surface area contributed by atoms with Crippen molar-refractivity contribution in [2.24, 2.45) is 0 Å². The number of rotatable bonds is 2. The molecule has 2 aromatic heterocycles. The molecule has 0 radical (unpaired) electrons. The fraction of sp³-hybridized carbons (Fsp3) is 0.0769. The van der Waals surface area contributed by atoms with Gasteiger partial charge in [-0.3, -0.25) is 0 Å². The predicted octanol–water partition coefficient (Wildman–Crippen LogP) is 3.17. The molecule has 3 rings (SSSR count). The van der Waals surface area contributed by atoms with E-state index >= 15 is 0 Å². The van der Waals surface area contributed by atoms with Gasteiger partial charge in [-0.25, -0.2) is 4.52 Å². The van der Waals surface area contributed by atoms with Crippen LogP contribution in [0.2, 0.25) is 0 Å². The van der Waals surface area contributed by atoms with Crippen molar-refractivity contribution >= 4 is 21.4 Å². The van der Waals surface area contributed by atoms with E-state index in [-0.39, 0.29) is 0 Å². The van der Waals surface area contributed by atoms with Gasteiger partial charge in [-0.1, -0.05) is 23.4 Å². The molecular weight excluding hydrogens is 294 g/mol. The smallest absolute Gasteiger partial charge is 0.128 e. The van der Waals surface area contributed by atoms with Crippen LogP contribution >= 0.6 is 15.9 Å². The van der Waals surface area contributed by atoms with Gasteiger partial charge in [0.15, 0.2) is 0 Å². The third-order valence-electron chi connectivity index (χ3n) is 2.76. The molecule has 0 aliphatic heterocycles. The number of pyridine rings is 1. The molecule has 0 N–H and O–H groups in total. The lowest BCUT2D eigenvalue weighted by Crippen LogP contribution is -1.89. The summed E-state index contributed by atoms with van der Waals surface area (Å²) in [5, 5.41) is 8.37. The number of benzene rings is 1.